The highest BCUT2D eigenvalue weighted by Crippen LogP contribution is 1.81. The lowest BCUT2D eigenvalue weighted by molar-refractivity contribution is -0.126. The predicted molar refractivity (Wildman–Crippen MR) is 101 cm³/mol. The Bertz CT molecular complexity index is 142. The molecule has 0 spiro atoms. The molecule has 0 radical (unpaired) electrons. The van der Waals surface area contributed by atoms with Gasteiger partial charge in [0.05, 0.1) is 0 Å². The molecule has 140 valence electrons. The maximum Gasteiger partial charge on any atom is 0.218 e. The van der Waals surface area contributed by atoms with Gasteiger partial charge in [0.2, 0.25) is 5.91 Å². The van der Waals surface area contributed by atoms with E-state index >= 15 is 0 Å². The molecule has 0 N–H and O–H groups in total. The standard InChI is InChI=1S/C4H9NO.2C4H10.2C3H8O/c1-4(6)5(2)3;1-4(2)3;3*1-3-4-2/h1-3H3;4H,1-3H3;3-4H2,1-2H3;2*3H2,1-2H3. The lowest BCUT2D eigenvalue weighted by atomic mass is 10.3. The van der Waals surface area contributed by atoms with E-state index in [0.717, 1.165) is 19.1 Å². The number of carbonyl (C=O) groups excluding carboxylic acids is 1. The molecule has 0 saturated carbocycles. The summed E-state index contributed by atoms with van der Waals surface area (Å²) in [6, 6.07) is 0. The Morgan fingerprint density at radius 1 is 0.864 bits per heavy atom. The number of rotatable bonds is 3. The van der Waals surface area contributed by atoms with Crippen LogP contribution in [-0.4, -0.2) is 52.3 Å². The van der Waals surface area contributed by atoms with E-state index in [1.165, 1.54) is 24.7 Å². The van der Waals surface area contributed by atoms with E-state index in [-0.39, 0.29) is 5.91 Å². The van der Waals surface area contributed by atoms with Crippen molar-refractivity contribution in [2.24, 2.45) is 5.92 Å². The minimum Gasteiger partial charge on any atom is -0.385 e. The molecule has 0 atom stereocenters. The van der Waals surface area contributed by atoms with Gasteiger partial charge in [-0.05, 0) is 19.8 Å². The van der Waals surface area contributed by atoms with E-state index in [2.05, 4.69) is 44.1 Å². The molecule has 0 bridgehead atoms. The summed E-state index contributed by atoms with van der Waals surface area (Å²) in [4.78, 5) is 11.6. The fraction of sp³-hybridized carbons (Fsp3) is 0.944. The van der Waals surface area contributed by atoms with Gasteiger partial charge in [-0.25, -0.2) is 0 Å². The number of ether oxygens (including phenoxy) is 2. The van der Waals surface area contributed by atoms with Crippen LogP contribution in [0.1, 0.15) is 68.2 Å². The summed E-state index contributed by atoms with van der Waals surface area (Å²) in [7, 11) is 6.81. The summed E-state index contributed by atoms with van der Waals surface area (Å²) >= 11 is 0. The largest absolute Gasteiger partial charge is 0.385 e. The highest BCUT2D eigenvalue weighted by molar-refractivity contribution is 5.72. The van der Waals surface area contributed by atoms with E-state index in [1.54, 1.807) is 28.3 Å². The van der Waals surface area contributed by atoms with Crippen molar-refractivity contribution < 1.29 is 14.3 Å². The number of amides is 1. The van der Waals surface area contributed by atoms with Crippen LogP contribution < -0.4 is 0 Å². The Morgan fingerprint density at radius 2 is 1.00 bits per heavy atom. The normalized spacial score (nSPS) is 7.86. The van der Waals surface area contributed by atoms with Crippen molar-refractivity contribution in [1.82, 2.24) is 4.90 Å². The molecule has 0 unspecified atom stereocenters. The van der Waals surface area contributed by atoms with Gasteiger partial charge in [-0.3, -0.25) is 4.79 Å². The van der Waals surface area contributed by atoms with Crippen molar-refractivity contribution >= 4 is 5.91 Å². The lowest BCUT2D eigenvalue weighted by Crippen LogP contribution is -2.17. The summed E-state index contributed by atoms with van der Waals surface area (Å²) in [5, 5.41) is 0. The summed E-state index contributed by atoms with van der Waals surface area (Å²) < 4.78 is 9.08. The van der Waals surface area contributed by atoms with Crippen molar-refractivity contribution in [2.75, 3.05) is 41.5 Å². The first-order valence-corrected chi connectivity index (χ1v) is 8.28. The molecule has 4 nitrogen and oxygen atoms in total. The first-order chi connectivity index (χ1) is 10.1. The van der Waals surface area contributed by atoms with Gasteiger partial charge >= 0.3 is 0 Å². The smallest absolute Gasteiger partial charge is 0.218 e. The quantitative estimate of drug-likeness (QED) is 0.744. The number of methoxy groups -OCH3 is 2. The van der Waals surface area contributed by atoms with Crippen LogP contribution in [0, 0.1) is 5.92 Å². The molecular formula is C18H45NO3. The molecule has 0 aromatic carbocycles. The van der Waals surface area contributed by atoms with E-state index < -0.39 is 0 Å². The third kappa shape index (κ3) is 161. The van der Waals surface area contributed by atoms with Gasteiger partial charge in [0, 0.05) is 48.5 Å². The van der Waals surface area contributed by atoms with E-state index in [1.807, 2.05) is 13.8 Å². The Hall–Kier alpha value is -0.610. The third-order valence-corrected chi connectivity index (χ3v) is 1.71. The third-order valence-electron chi connectivity index (χ3n) is 1.71. The summed E-state index contributed by atoms with van der Waals surface area (Å²) in [6.45, 7) is 17.9. The van der Waals surface area contributed by atoms with Gasteiger partial charge in [-0.2, -0.15) is 0 Å². The molecular weight excluding hydrogens is 278 g/mol. The maximum absolute atomic E-state index is 10.1. The van der Waals surface area contributed by atoms with Crippen LogP contribution in [0.5, 0.6) is 0 Å². The fourth-order valence-corrected chi connectivity index (χ4v) is 0. The number of hydrogen-bond donors (Lipinski definition) is 0. The molecule has 0 fully saturated rings. The lowest BCUT2D eigenvalue weighted by Gasteiger charge is -2.02. The molecule has 1 amide bonds. The maximum atomic E-state index is 10.1. The van der Waals surface area contributed by atoms with Crippen LogP contribution in [-0.2, 0) is 14.3 Å². The molecule has 0 aliphatic carbocycles. The number of carbonyl (C=O) groups is 1. The highest BCUT2D eigenvalue weighted by atomic mass is 16.5. The Kier molecular flexibility index (Phi) is 55.7. The zero-order valence-electron chi connectivity index (χ0n) is 17.6. The average Bonchev–Trinajstić information content (AvgIpc) is 2.47. The number of hydrogen-bond acceptors (Lipinski definition) is 3. The van der Waals surface area contributed by atoms with Crippen molar-refractivity contribution in [3.8, 4) is 0 Å². The second kappa shape index (κ2) is 37.0. The second-order valence-electron chi connectivity index (χ2n) is 5.30. The Morgan fingerprint density at radius 3 is 1.00 bits per heavy atom. The van der Waals surface area contributed by atoms with E-state index in [9.17, 15) is 4.79 Å². The summed E-state index contributed by atoms with van der Waals surface area (Å²) in [5.41, 5.74) is 0. The topological polar surface area (TPSA) is 38.8 Å². The number of unbranched alkanes of at least 4 members (excludes halogenated alkanes) is 1. The van der Waals surface area contributed by atoms with Crippen molar-refractivity contribution in [3.63, 3.8) is 0 Å². The first kappa shape index (κ1) is 33.1. The molecule has 4 heteroatoms. The zero-order valence-corrected chi connectivity index (χ0v) is 17.6. The molecule has 0 aliphatic heterocycles. The zero-order chi connectivity index (χ0) is 19.0. The van der Waals surface area contributed by atoms with Gasteiger partial charge in [0.25, 0.3) is 0 Å². The van der Waals surface area contributed by atoms with Gasteiger partial charge in [0.1, 0.15) is 0 Å². The fourth-order valence-electron chi connectivity index (χ4n) is 0. The molecule has 0 aromatic rings. The van der Waals surface area contributed by atoms with E-state index in [4.69, 9.17) is 0 Å². The van der Waals surface area contributed by atoms with Crippen LogP contribution >= 0.6 is 0 Å². The highest BCUT2D eigenvalue weighted by Gasteiger charge is 1.87. The van der Waals surface area contributed by atoms with Gasteiger partial charge in [-0.1, -0.05) is 47.5 Å². The average molecular weight is 324 g/mol. The minimum absolute atomic E-state index is 0.0926. The minimum atomic E-state index is 0.0926. The van der Waals surface area contributed by atoms with Crippen molar-refractivity contribution in [1.29, 1.82) is 0 Å². The summed E-state index contributed by atoms with van der Waals surface area (Å²) in [6.07, 6.45) is 2.64. The monoisotopic (exact) mass is 323 g/mol. The van der Waals surface area contributed by atoms with Crippen molar-refractivity contribution in [3.05, 3.63) is 0 Å². The SMILES string of the molecule is CC(=O)N(C)C.CC(C)C.CCCC.CCOC.CCOC. The van der Waals surface area contributed by atoms with Crippen molar-refractivity contribution in [2.45, 2.75) is 68.2 Å². The first-order valence-electron chi connectivity index (χ1n) is 8.28. The van der Waals surface area contributed by atoms with Crippen LogP contribution in [0.25, 0.3) is 0 Å². The summed E-state index contributed by atoms with van der Waals surface area (Å²) in [5.74, 6) is 0.926. The Balaban J connectivity index is -0.0000000555. The van der Waals surface area contributed by atoms with Crippen LogP contribution in [0.15, 0.2) is 0 Å². The second-order valence-corrected chi connectivity index (χ2v) is 5.30. The van der Waals surface area contributed by atoms with Gasteiger partial charge in [0.15, 0.2) is 0 Å². The van der Waals surface area contributed by atoms with Crippen LogP contribution in [0.4, 0.5) is 0 Å². The molecule has 0 aliphatic rings. The molecule has 0 saturated heterocycles. The molecule has 0 rings (SSSR count). The van der Waals surface area contributed by atoms with E-state index in [0.29, 0.717) is 0 Å². The predicted octanol–water partition coefficient (Wildman–Crippen LogP) is 4.87. The molecule has 0 aromatic heterocycles. The van der Waals surface area contributed by atoms with Crippen LogP contribution in [0.2, 0.25) is 0 Å². The molecule has 0 heterocycles. The van der Waals surface area contributed by atoms with Crippen LogP contribution in [0.3, 0.4) is 0 Å². The van der Waals surface area contributed by atoms with Gasteiger partial charge < -0.3 is 14.4 Å². The number of nitrogens with zero attached hydrogens (tertiary/aromatic N) is 1. The molecule has 22 heavy (non-hydrogen) atoms. The Labute approximate surface area is 141 Å². The van der Waals surface area contributed by atoms with Gasteiger partial charge in [-0.15, -0.1) is 0 Å².